The molecule has 1 aliphatic rings. The number of anilines is 1. The minimum Gasteiger partial charge on any atom is -0.496 e. The second-order valence-electron chi connectivity index (χ2n) is 6.37. The number of aryl methyl sites for hydroxylation is 1. The van der Waals surface area contributed by atoms with Crippen LogP contribution in [0.3, 0.4) is 0 Å². The Kier molecular flexibility index (Phi) is 4.38. The molecular formula is C23H19NO3. The zero-order chi connectivity index (χ0) is 18.8. The number of carbonyl (C=O) groups is 1. The Labute approximate surface area is 158 Å². The van der Waals surface area contributed by atoms with E-state index in [9.17, 15) is 4.79 Å². The highest BCUT2D eigenvalue weighted by Crippen LogP contribution is 2.38. The quantitative estimate of drug-likeness (QED) is 0.646. The maximum atomic E-state index is 12.5. The van der Waals surface area contributed by atoms with E-state index in [4.69, 9.17) is 9.47 Å². The smallest absolute Gasteiger partial charge is 0.256 e. The van der Waals surface area contributed by atoms with E-state index in [1.807, 2.05) is 79.7 Å². The van der Waals surface area contributed by atoms with Gasteiger partial charge in [0.15, 0.2) is 0 Å². The number of fused-ring (bicyclic) bond motifs is 1. The highest BCUT2D eigenvalue weighted by Gasteiger charge is 2.25. The first kappa shape index (κ1) is 16.9. The molecule has 0 bridgehead atoms. The number of para-hydroxylation sites is 1. The van der Waals surface area contributed by atoms with Crippen LogP contribution in [0.5, 0.6) is 17.2 Å². The van der Waals surface area contributed by atoms with Crippen molar-refractivity contribution in [2.45, 2.75) is 6.92 Å². The molecule has 0 saturated heterocycles. The summed E-state index contributed by atoms with van der Waals surface area (Å²) in [6.07, 6.45) is 1.87. The molecule has 134 valence electrons. The molecular weight excluding hydrogens is 338 g/mol. The molecule has 3 aromatic rings. The van der Waals surface area contributed by atoms with Gasteiger partial charge in [0.05, 0.1) is 7.11 Å². The maximum absolute atomic E-state index is 12.5. The molecule has 1 amide bonds. The summed E-state index contributed by atoms with van der Waals surface area (Å²) in [5, 5.41) is 2.92. The Hall–Kier alpha value is -3.53. The molecule has 1 aliphatic heterocycles. The lowest BCUT2D eigenvalue weighted by atomic mass is 10.0. The van der Waals surface area contributed by atoms with Gasteiger partial charge in [0.1, 0.15) is 17.2 Å². The van der Waals surface area contributed by atoms with Gasteiger partial charge in [-0.3, -0.25) is 4.79 Å². The average Bonchev–Trinajstić information content (AvgIpc) is 2.96. The molecule has 0 saturated carbocycles. The van der Waals surface area contributed by atoms with Gasteiger partial charge in [-0.05, 0) is 60.5 Å². The van der Waals surface area contributed by atoms with Crippen LogP contribution in [-0.2, 0) is 4.79 Å². The highest BCUT2D eigenvalue weighted by atomic mass is 16.5. The zero-order valence-electron chi connectivity index (χ0n) is 15.2. The van der Waals surface area contributed by atoms with Gasteiger partial charge in [-0.1, -0.05) is 30.3 Å². The van der Waals surface area contributed by atoms with E-state index >= 15 is 0 Å². The van der Waals surface area contributed by atoms with Crippen LogP contribution in [0.4, 0.5) is 5.69 Å². The molecule has 4 rings (SSSR count). The molecule has 0 aliphatic carbocycles. The van der Waals surface area contributed by atoms with E-state index in [0.29, 0.717) is 5.57 Å². The fourth-order valence-corrected chi connectivity index (χ4v) is 3.15. The van der Waals surface area contributed by atoms with Gasteiger partial charge in [0.25, 0.3) is 5.91 Å². The lowest BCUT2D eigenvalue weighted by Crippen LogP contribution is -2.03. The average molecular weight is 357 g/mol. The molecule has 4 nitrogen and oxygen atoms in total. The van der Waals surface area contributed by atoms with Crippen LogP contribution in [0.1, 0.15) is 16.7 Å². The molecule has 3 aromatic carbocycles. The first-order valence-electron chi connectivity index (χ1n) is 8.69. The van der Waals surface area contributed by atoms with Crippen LogP contribution >= 0.6 is 0 Å². The van der Waals surface area contributed by atoms with Gasteiger partial charge in [-0.15, -0.1) is 0 Å². The summed E-state index contributed by atoms with van der Waals surface area (Å²) < 4.78 is 11.3. The summed E-state index contributed by atoms with van der Waals surface area (Å²) in [6.45, 7) is 1.96. The molecule has 0 atom stereocenters. The molecule has 0 aromatic heterocycles. The Bertz CT molecular complexity index is 1040. The summed E-state index contributed by atoms with van der Waals surface area (Å²) >= 11 is 0. The summed E-state index contributed by atoms with van der Waals surface area (Å²) in [7, 11) is 1.63. The number of rotatable bonds is 4. The maximum Gasteiger partial charge on any atom is 0.256 e. The van der Waals surface area contributed by atoms with Crippen LogP contribution in [0.15, 0.2) is 66.7 Å². The standard InChI is InChI=1S/C23H19NO3/c1-15-11-21-19(14-22(15)26-2)20(23(25)24-21)13-16-7-6-10-18(12-16)27-17-8-4-3-5-9-17/h3-14H,1-2H3,(H,24,25)/b20-13-. The van der Waals surface area contributed by atoms with Crippen molar-refractivity contribution in [2.75, 3.05) is 12.4 Å². The van der Waals surface area contributed by atoms with Crippen LogP contribution < -0.4 is 14.8 Å². The second kappa shape index (κ2) is 7.00. The molecule has 1 heterocycles. The van der Waals surface area contributed by atoms with Crippen molar-refractivity contribution in [3.8, 4) is 17.2 Å². The zero-order valence-corrected chi connectivity index (χ0v) is 15.2. The number of benzene rings is 3. The first-order chi connectivity index (χ1) is 13.1. The van der Waals surface area contributed by atoms with Gasteiger partial charge >= 0.3 is 0 Å². The third kappa shape index (κ3) is 3.42. The number of carbonyl (C=O) groups excluding carboxylic acids is 1. The van der Waals surface area contributed by atoms with Gasteiger partial charge in [-0.2, -0.15) is 0 Å². The highest BCUT2D eigenvalue weighted by molar-refractivity contribution is 6.35. The molecule has 1 N–H and O–H groups in total. The van der Waals surface area contributed by atoms with E-state index in [-0.39, 0.29) is 5.91 Å². The number of amides is 1. The third-order valence-corrected chi connectivity index (χ3v) is 4.47. The van der Waals surface area contributed by atoms with Crippen molar-refractivity contribution >= 4 is 23.2 Å². The molecule has 4 heteroatoms. The van der Waals surface area contributed by atoms with Crippen molar-refractivity contribution in [1.82, 2.24) is 0 Å². The topological polar surface area (TPSA) is 47.6 Å². The van der Waals surface area contributed by atoms with Gasteiger partial charge < -0.3 is 14.8 Å². The van der Waals surface area contributed by atoms with E-state index in [0.717, 1.165) is 39.6 Å². The van der Waals surface area contributed by atoms with Gasteiger partial charge in [0, 0.05) is 16.8 Å². The number of hydrogen-bond acceptors (Lipinski definition) is 3. The summed E-state index contributed by atoms with van der Waals surface area (Å²) in [5.74, 6) is 2.13. The van der Waals surface area contributed by atoms with Crippen LogP contribution in [0.2, 0.25) is 0 Å². The largest absolute Gasteiger partial charge is 0.496 e. The Morgan fingerprint density at radius 3 is 2.48 bits per heavy atom. The summed E-state index contributed by atoms with van der Waals surface area (Å²) in [4.78, 5) is 12.5. The fourth-order valence-electron chi connectivity index (χ4n) is 3.15. The van der Waals surface area contributed by atoms with Gasteiger partial charge in [-0.25, -0.2) is 0 Å². The number of ether oxygens (including phenoxy) is 2. The molecule has 0 spiro atoms. The number of hydrogen-bond donors (Lipinski definition) is 1. The molecule has 0 radical (unpaired) electrons. The monoisotopic (exact) mass is 357 g/mol. The molecule has 0 fully saturated rings. The Morgan fingerprint density at radius 1 is 0.926 bits per heavy atom. The number of nitrogens with one attached hydrogen (secondary N) is 1. The van der Waals surface area contributed by atoms with E-state index < -0.39 is 0 Å². The summed E-state index contributed by atoms with van der Waals surface area (Å²) in [5.41, 5.74) is 4.13. The van der Waals surface area contributed by atoms with Crippen LogP contribution in [0.25, 0.3) is 11.6 Å². The van der Waals surface area contributed by atoms with Crippen molar-refractivity contribution < 1.29 is 14.3 Å². The lowest BCUT2D eigenvalue weighted by Gasteiger charge is -2.08. The Balaban J connectivity index is 1.69. The molecule has 27 heavy (non-hydrogen) atoms. The minimum atomic E-state index is -0.118. The van der Waals surface area contributed by atoms with Gasteiger partial charge in [0.2, 0.25) is 0 Å². The third-order valence-electron chi connectivity index (χ3n) is 4.47. The lowest BCUT2D eigenvalue weighted by molar-refractivity contribution is -0.110. The molecule has 0 unspecified atom stereocenters. The van der Waals surface area contributed by atoms with Crippen molar-refractivity contribution in [3.05, 3.63) is 83.4 Å². The minimum absolute atomic E-state index is 0.118. The Morgan fingerprint density at radius 2 is 1.70 bits per heavy atom. The van der Waals surface area contributed by atoms with Crippen LogP contribution in [0, 0.1) is 6.92 Å². The summed E-state index contributed by atoms with van der Waals surface area (Å²) in [6, 6.07) is 21.1. The predicted molar refractivity (Wildman–Crippen MR) is 107 cm³/mol. The van der Waals surface area contributed by atoms with E-state index in [2.05, 4.69) is 5.32 Å². The van der Waals surface area contributed by atoms with E-state index in [1.54, 1.807) is 7.11 Å². The predicted octanol–water partition coefficient (Wildman–Crippen LogP) is 5.29. The van der Waals surface area contributed by atoms with E-state index in [1.165, 1.54) is 0 Å². The SMILES string of the molecule is COc1cc2c(cc1C)NC(=O)/C2=C\c1cccc(Oc2ccccc2)c1. The normalized spacial score (nSPS) is 14.0. The first-order valence-corrected chi connectivity index (χ1v) is 8.69. The fraction of sp³-hybridized carbons (Fsp3) is 0.0870. The second-order valence-corrected chi connectivity index (χ2v) is 6.37. The van der Waals surface area contributed by atoms with Crippen LogP contribution in [-0.4, -0.2) is 13.0 Å². The van der Waals surface area contributed by atoms with Crippen molar-refractivity contribution in [1.29, 1.82) is 0 Å². The number of methoxy groups -OCH3 is 1. The van der Waals surface area contributed by atoms with Crippen molar-refractivity contribution in [3.63, 3.8) is 0 Å². The van der Waals surface area contributed by atoms with Crippen molar-refractivity contribution in [2.24, 2.45) is 0 Å².